The van der Waals surface area contributed by atoms with Crippen LogP contribution in [0.15, 0.2) is 23.8 Å². The Kier molecular flexibility index (Phi) is 4.40. The third-order valence-corrected chi connectivity index (χ3v) is 3.13. The first kappa shape index (κ1) is 15.3. The molecule has 1 aromatic rings. The Morgan fingerprint density at radius 3 is 2.32 bits per heavy atom. The second kappa shape index (κ2) is 5.47. The van der Waals surface area contributed by atoms with E-state index < -0.39 is 11.4 Å². The van der Waals surface area contributed by atoms with Gasteiger partial charge in [-0.05, 0) is 28.5 Å². The van der Waals surface area contributed by atoms with Crippen LogP contribution in [0.2, 0.25) is 0 Å². The molecule has 1 rings (SSSR count). The van der Waals surface area contributed by atoms with Crippen molar-refractivity contribution in [2.45, 2.75) is 40.5 Å². The number of carboxylic acids is 1. The molecule has 0 aliphatic heterocycles. The summed E-state index contributed by atoms with van der Waals surface area (Å²) in [6.07, 6.45) is 1.68. The molecule has 0 spiro atoms. The molecule has 3 N–H and O–H groups in total. The van der Waals surface area contributed by atoms with Crippen LogP contribution in [0.25, 0.3) is 6.08 Å². The zero-order chi connectivity index (χ0) is 14.8. The lowest BCUT2D eigenvalue weighted by Gasteiger charge is -2.20. The monoisotopic (exact) mass is 261 g/mol. The lowest BCUT2D eigenvalue weighted by atomic mass is 9.84. The number of hydrogen-bond acceptors (Lipinski definition) is 2. The van der Waals surface area contributed by atoms with Crippen molar-refractivity contribution in [2.75, 3.05) is 5.73 Å². The van der Waals surface area contributed by atoms with Crippen LogP contribution in [-0.4, -0.2) is 11.1 Å². The zero-order valence-electron chi connectivity index (χ0n) is 12.3. The normalized spacial score (nSPS) is 12.8. The van der Waals surface area contributed by atoms with E-state index in [9.17, 15) is 9.90 Å². The second-order valence-corrected chi connectivity index (χ2v) is 6.12. The van der Waals surface area contributed by atoms with Crippen molar-refractivity contribution in [1.29, 1.82) is 0 Å². The number of nitrogens with two attached hydrogens (primary N) is 1. The molecular formula is C16H23NO2. The lowest BCUT2D eigenvalue weighted by Crippen LogP contribution is -2.17. The van der Waals surface area contributed by atoms with Gasteiger partial charge in [0.1, 0.15) is 0 Å². The largest absolute Gasteiger partial charge is 0.478 e. The minimum Gasteiger partial charge on any atom is -0.478 e. The molecule has 0 aromatic heterocycles. The molecule has 0 amide bonds. The average molecular weight is 261 g/mol. The molecule has 0 unspecified atom stereocenters. The van der Waals surface area contributed by atoms with E-state index in [1.54, 1.807) is 6.08 Å². The maximum absolute atomic E-state index is 11.4. The molecule has 0 fully saturated rings. The van der Waals surface area contributed by atoms with E-state index in [2.05, 4.69) is 13.8 Å². The second-order valence-electron chi connectivity index (χ2n) is 6.12. The summed E-state index contributed by atoms with van der Waals surface area (Å²) in [4.78, 5) is 11.4. The molecule has 3 heteroatoms. The van der Waals surface area contributed by atoms with Crippen LogP contribution in [0, 0.1) is 5.41 Å². The Morgan fingerprint density at radius 2 is 1.89 bits per heavy atom. The number of para-hydroxylation sites is 1. The molecule has 0 saturated heterocycles. The third-order valence-electron chi connectivity index (χ3n) is 3.13. The molecule has 0 atom stereocenters. The SMILES string of the molecule is CC(C)c1cccc(/C=C(/C(=O)O)C(C)(C)C)c1N. The van der Waals surface area contributed by atoms with E-state index in [1.165, 1.54) is 0 Å². The zero-order valence-corrected chi connectivity index (χ0v) is 12.3. The van der Waals surface area contributed by atoms with Gasteiger partial charge < -0.3 is 10.8 Å². The number of hydrogen-bond donors (Lipinski definition) is 2. The van der Waals surface area contributed by atoms with Gasteiger partial charge in [0, 0.05) is 11.3 Å². The Morgan fingerprint density at radius 1 is 1.32 bits per heavy atom. The van der Waals surface area contributed by atoms with Crippen molar-refractivity contribution < 1.29 is 9.90 Å². The molecular weight excluding hydrogens is 238 g/mol. The third kappa shape index (κ3) is 3.60. The van der Waals surface area contributed by atoms with Gasteiger partial charge in [0.2, 0.25) is 0 Å². The van der Waals surface area contributed by atoms with E-state index in [4.69, 9.17) is 5.73 Å². The fourth-order valence-electron chi connectivity index (χ4n) is 1.99. The minimum absolute atomic E-state index is 0.316. The summed E-state index contributed by atoms with van der Waals surface area (Å²) >= 11 is 0. The molecule has 1 aromatic carbocycles. The number of aliphatic carboxylic acids is 1. The van der Waals surface area contributed by atoms with Crippen LogP contribution in [0.3, 0.4) is 0 Å². The number of carboxylic acid groups (broad SMARTS) is 1. The molecule has 0 saturated carbocycles. The topological polar surface area (TPSA) is 63.3 Å². The number of benzene rings is 1. The van der Waals surface area contributed by atoms with Gasteiger partial charge in [-0.25, -0.2) is 4.79 Å². The van der Waals surface area contributed by atoms with Crippen LogP contribution in [0.1, 0.15) is 51.7 Å². The van der Waals surface area contributed by atoms with E-state index in [0.29, 0.717) is 17.2 Å². The summed E-state index contributed by atoms with van der Waals surface area (Å²) in [6.45, 7) is 9.79. The van der Waals surface area contributed by atoms with Gasteiger partial charge in [0.15, 0.2) is 0 Å². The summed E-state index contributed by atoms with van der Waals surface area (Å²) in [5, 5.41) is 9.33. The van der Waals surface area contributed by atoms with E-state index >= 15 is 0 Å². The average Bonchev–Trinajstić information content (AvgIpc) is 2.24. The van der Waals surface area contributed by atoms with Gasteiger partial charge in [-0.3, -0.25) is 0 Å². The minimum atomic E-state index is -0.901. The molecule has 0 bridgehead atoms. The molecule has 0 aliphatic rings. The highest BCUT2D eigenvalue weighted by atomic mass is 16.4. The number of carbonyl (C=O) groups is 1. The lowest BCUT2D eigenvalue weighted by molar-refractivity contribution is -0.133. The summed E-state index contributed by atoms with van der Waals surface area (Å²) in [7, 11) is 0. The summed E-state index contributed by atoms with van der Waals surface area (Å²) in [5.41, 5.74) is 8.57. The Hall–Kier alpha value is -1.77. The summed E-state index contributed by atoms with van der Waals surface area (Å²) < 4.78 is 0. The summed E-state index contributed by atoms with van der Waals surface area (Å²) in [5.74, 6) is -0.585. The Bertz CT molecular complexity index is 508. The van der Waals surface area contributed by atoms with Crippen LogP contribution >= 0.6 is 0 Å². The Balaban J connectivity index is 3.38. The number of nitrogen functional groups attached to an aromatic ring is 1. The van der Waals surface area contributed by atoms with Crippen molar-refractivity contribution in [2.24, 2.45) is 5.41 Å². The first-order chi connectivity index (χ1) is 8.64. The predicted octanol–water partition coefficient (Wildman–Crippen LogP) is 3.91. The van der Waals surface area contributed by atoms with Crippen molar-refractivity contribution >= 4 is 17.7 Å². The van der Waals surface area contributed by atoms with Gasteiger partial charge in [-0.2, -0.15) is 0 Å². The van der Waals surface area contributed by atoms with Crippen LogP contribution in [0.4, 0.5) is 5.69 Å². The molecule has 0 radical (unpaired) electrons. The quantitative estimate of drug-likeness (QED) is 0.640. The van der Waals surface area contributed by atoms with E-state index in [-0.39, 0.29) is 0 Å². The molecule has 104 valence electrons. The molecule has 19 heavy (non-hydrogen) atoms. The maximum Gasteiger partial charge on any atom is 0.332 e. The van der Waals surface area contributed by atoms with Gasteiger partial charge in [-0.15, -0.1) is 0 Å². The maximum atomic E-state index is 11.4. The van der Waals surface area contributed by atoms with Gasteiger partial charge in [-0.1, -0.05) is 52.8 Å². The smallest absolute Gasteiger partial charge is 0.332 e. The molecule has 0 heterocycles. The van der Waals surface area contributed by atoms with Crippen LogP contribution < -0.4 is 5.73 Å². The fraction of sp³-hybridized carbons (Fsp3) is 0.438. The van der Waals surface area contributed by atoms with Crippen molar-refractivity contribution in [3.05, 3.63) is 34.9 Å². The number of anilines is 1. The molecule has 3 nitrogen and oxygen atoms in total. The highest BCUT2D eigenvalue weighted by Crippen LogP contribution is 2.31. The van der Waals surface area contributed by atoms with Crippen LogP contribution in [-0.2, 0) is 4.79 Å². The van der Waals surface area contributed by atoms with Gasteiger partial charge in [0.25, 0.3) is 0 Å². The van der Waals surface area contributed by atoms with Gasteiger partial charge >= 0.3 is 5.97 Å². The van der Waals surface area contributed by atoms with Crippen LogP contribution in [0.5, 0.6) is 0 Å². The summed E-state index contributed by atoms with van der Waals surface area (Å²) in [6, 6.07) is 5.75. The fourth-order valence-corrected chi connectivity index (χ4v) is 1.99. The number of rotatable bonds is 3. The standard InChI is InChI=1S/C16H23NO2/c1-10(2)12-8-6-7-11(14(12)17)9-13(15(18)19)16(3,4)5/h6-10H,17H2,1-5H3,(H,18,19)/b13-9-. The highest BCUT2D eigenvalue weighted by Gasteiger charge is 2.23. The highest BCUT2D eigenvalue weighted by molar-refractivity contribution is 5.94. The van der Waals surface area contributed by atoms with E-state index in [1.807, 2.05) is 39.0 Å². The van der Waals surface area contributed by atoms with Crippen molar-refractivity contribution in [3.63, 3.8) is 0 Å². The van der Waals surface area contributed by atoms with Crippen molar-refractivity contribution in [3.8, 4) is 0 Å². The Labute approximate surface area is 115 Å². The van der Waals surface area contributed by atoms with E-state index in [0.717, 1.165) is 11.1 Å². The van der Waals surface area contributed by atoms with Gasteiger partial charge in [0.05, 0.1) is 0 Å². The predicted molar refractivity (Wildman–Crippen MR) is 80.0 cm³/mol. The molecule has 0 aliphatic carbocycles. The van der Waals surface area contributed by atoms with Crippen molar-refractivity contribution in [1.82, 2.24) is 0 Å². The first-order valence-electron chi connectivity index (χ1n) is 6.48. The first-order valence-corrected chi connectivity index (χ1v) is 6.48.